The number of rotatable bonds is 2. The highest BCUT2D eigenvalue weighted by molar-refractivity contribution is 6.30. The first-order valence-electron chi connectivity index (χ1n) is 5.87. The molecule has 0 spiro atoms. The summed E-state index contributed by atoms with van der Waals surface area (Å²) in [5.74, 6) is 0. The molecule has 20 heavy (non-hydrogen) atoms. The molecule has 0 aliphatic rings. The Kier molecular flexibility index (Phi) is 3.80. The summed E-state index contributed by atoms with van der Waals surface area (Å²) in [5, 5.41) is 10.5. The summed E-state index contributed by atoms with van der Waals surface area (Å²) in [6.45, 7) is 1.66. The molecule has 2 aromatic rings. The normalized spacial score (nSPS) is 14.9. The molecule has 0 fully saturated rings. The van der Waals surface area contributed by atoms with E-state index in [1.165, 1.54) is 36.4 Å². The Morgan fingerprint density at radius 2 is 1.50 bits per heavy atom. The van der Waals surface area contributed by atoms with Gasteiger partial charge in [0.1, 0.15) is 0 Å². The molecule has 5 heteroatoms. The average molecular weight is 301 g/mol. The third-order valence-corrected chi connectivity index (χ3v) is 3.32. The molecule has 2 aromatic carbocycles. The Hall–Kier alpha value is -1.52. The summed E-state index contributed by atoms with van der Waals surface area (Å²) in [6.07, 6.45) is -4.86. The summed E-state index contributed by atoms with van der Waals surface area (Å²) >= 11 is 5.74. The van der Waals surface area contributed by atoms with Gasteiger partial charge in [-0.15, -0.1) is 0 Å². The minimum Gasteiger partial charge on any atom is -0.372 e. The Morgan fingerprint density at radius 1 is 0.950 bits per heavy atom. The maximum Gasteiger partial charge on any atom is 0.425 e. The predicted octanol–water partition coefficient (Wildman–Crippen LogP) is 4.45. The van der Waals surface area contributed by atoms with Crippen LogP contribution in [-0.2, 0) is 5.60 Å². The van der Waals surface area contributed by atoms with E-state index in [4.69, 9.17) is 11.6 Å². The third-order valence-electron chi connectivity index (χ3n) is 3.09. The van der Waals surface area contributed by atoms with Gasteiger partial charge in [-0.3, -0.25) is 0 Å². The fraction of sp³-hybridized carbons (Fsp3) is 0.200. The van der Waals surface area contributed by atoms with E-state index >= 15 is 0 Å². The Labute approximate surface area is 119 Å². The van der Waals surface area contributed by atoms with E-state index in [0.717, 1.165) is 6.07 Å². The number of aliphatic hydroxyl groups is 1. The molecular weight excluding hydrogens is 289 g/mol. The number of hydrogen-bond donors (Lipinski definition) is 1. The molecule has 0 aliphatic heterocycles. The molecule has 106 valence electrons. The fourth-order valence-corrected chi connectivity index (χ4v) is 2.27. The van der Waals surface area contributed by atoms with Crippen LogP contribution in [0.3, 0.4) is 0 Å². The van der Waals surface area contributed by atoms with Crippen LogP contribution in [0, 0.1) is 6.92 Å². The zero-order valence-electron chi connectivity index (χ0n) is 10.6. The molecule has 0 aliphatic carbocycles. The second-order valence-corrected chi connectivity index (χ2v) is 5.02. The van der Waals surface area contributed by atoms with E-state index in [9.17, 15) is 18.3 Å². The number of halogens is 4. The van der Waals surface area contributed by atoms with Crippen LogP contribution in [0.15, 0.2) is 48.5 Å². The molecule has 0 saturated heterocycles. The zero-order chi connectivity index (χ0) is 15.0. The first kappa shape index (κ1) is 14.9. The zero-order valence-corrected chi connectivity index (χ0v) is 11.3. The second kappa shape index (κ2) is 5.11. The SMILES string of the molecule is Cc1cccc(C(O)(c2cccc(Cl)c2)C(F)(F)F)c1. The van der Waals surface area contributed by atoms with Crippen LogP contribution in [0.5, 0.6) is 0 Å². The van der Waals surface area contributed by atoms with Crippen molar-refractivity contribution in [2.24, 2.45) is 0 Å². The van der Waals surface area contributed by atoms with Gasteiger partial charge in [-0.25, -0.2) is 0 Å². The van der Waals surface area contributed by atoms with E-state index < -0.39 is 11.8 Å². The predicted molar refractivity (Wildman–Crippen MR) is 71.7 cm³/mol. The number of alkyl halides is 3. The van der Waals surface area contributed by atoms with Crippen LogP contribution in [0.25, 0.3) is 0 Å². The molecule has 1 atom stereocenters. The van der Waals surface area contributed by atoms with Crippen molar-refractivity contribution in [3.63, 3.8) is 0 Å². The number of aryl methyl sites for hydroxylation is 1. The van der Waals surface area contributed by atoms with E-state index in [1.807, 2.05) is 0 Å². The molecule has 0 heterocycles. The summed E-state index contributed by atoms with van der Waals surface area (Å²) in [7, 11) is 0. The molecule has 0 amide bonds. The molecule has 2 rings (SSSR count). The molecule has 0 saturated carbocycles. The average Bonchev–Trinajstić information content (AvgIpc) is 2.36. The van der Waals surface area contributed by atoms with Crippen LogP contribution in [-0.4, -0.2) is 11.3 Å². The highest BCUT2D eigenvalue weighted by Crippen LogP contribution is 2.44. The molecule has 0 radical (unpaired) electrons. The van der Waals surface area contributed by atoms with Crippen molar-refractivity contribution in [2.45, 2.75) is 18.7 Å². The first-order chi connectivity index (χ1) is 9.25. The second-order valence-electron chi connectivity index (χ2n) is 4.59. The van der Waals surface area contributed by atoms with Crippen LogP contribution in [0.4, 0.5) is 13.2 Å². The minimum atomic E-state index is -4.86. The van der Waals surface area contributed by atoms with Crippen molar-refractivity contribution in [1.82, 2.24) is 0 Å². The van der Waals surface area contributed by atoms with E-state index in [1.54, 1.807) is 13.0 Å². The lowest BCUT2D eigenvalue weighted by Gasteiger charge is -2.31. The highest BCUT2D eigenvalue weighted by atomic mass is 35.5. The quantitative estimate of drug-likeness (QED) is 0.869. The fourth-order valence-electron chi connectivity index (χ4n) is 2.08. The van der Waals surface area contributed by atoms with Gasteiger partial charge in [0.25, 0.3) is 0 Å². The van der Waals surface area contributed by atoms with Gasteiger partial charge in [-0.1, -0.05) is 53.6 Å². The lowest BCUT2D eigenvalue weighted by molar-refractivity contribution is -0.248. The lowest BCUT2D eigenvalue weighted by atomic mass is 9.85. The Balaban J connectivity index is 2.69. The lowest BCUT2D eigenvalue weighted by Crippen LogP contribution is -2.43. The van der Waals surface area contributed by atoms with Crippen molar-refractivity contribution in [1.29, 1.82) is 0 Å². The van der Waals surface area contributed by atoms with Gasteiger partial charge in [-0.2, -0.15) is 13.2 Å². The van der Waals surface area contributed by atoms with Gasteiger partial charge in [0.05, 0.1) is 0 Å². The topological polar surface area (TPSA) is 20.2 Å². The van der Waals surface area contributed by atoms with Gasteiger partial charge in [0.2, 0.25) is 5.60 Å². The summed E-state index contributed by atoms with van der Waals surface area (Å²) < 4.78 is 40.3. The molecule has 0 aromatic heterocycles. The molecule has 1 N–H and O–H groups in total. The summed E-state index contributed by atoms with van der Waals surface area (Å²) in [6, 6.07) is 10.9. The smallest absolute Gasteiger partial charge is 0.372 e. The first-order valence-corrected chi connectivity index (χ1v) is 6.25. The van der Waals surface area contributed by atoms with Crippen molar-refractivity contribution in [3.05, 3.63) is 70.2 Å². The van der Waals surface area contributed by atoms with Crippen LogP contribution in [0.1, 0.15) is 16.7 Å². The van der Waals surface area contributed by atoms with Gasteiger partial charge in [0, 0.05) is 5.02 Å². The third kappa shape index (κ3) is 2.53. The largest absolute Gasteiger partial charge is 0.425 e. The molecule has 0 bridgehead atoms. The van der Waals surface area contributed by atoms with Gasteiger partial charge in [-0.05, 0) is 30.2 Å². The Bertz CT molecular complexity index is 577. The van der Waals surface area contributed by atoms with Crippen molar-refractivity contribution >= 4 is 11.6 Å². The molecule has 1 nitrogen and oxygen atoms in total. The highest BCUT2D eigenvalue weighted by Gasteiger charge is 2.56. The van der Waals surface area contributed by atoms with E-state index in [0.29, 0.717) is 5.56 Å². The van der Waals surface area contributed by atoms with Crippen molar-refractivity contribution in [2.75, 3.05) is 0 Å². The minimum absolute atomic E-state index is 0.137. The van der Waals surface area contributed by atoms with Crippen LogP contribution in [0.2, 0.25) is 5.02 Å². The number of benzene rings is 2. The van der Waals surface area contributed by atoms with E-state index in [-0.39, 0.29) is 16.1 Å². The summed E-state index contributed by atoms with van der Waals surface area (Å²) in [4.78, 5) is 0. The maximum atomic E-state index is 13.4. The summed E-state index contributed by atoms with van der Waals surface area (Å²) in [5.41, 5.74) is -2.98. The van der Waals surface area contributed by atoms with Gasteiger partial charge in [0.15, 0.2) is 0 Å². The van der Waals surface area contributed by atoms with Crippen molar-refractivity contribution in [3.8, 4) is 0 Å². The molecular formula is C15H12ClF3O. The van der Waals surface area contributed by atoms with Crippen LogP contribution < -0.4 is 0 Å². The maximum absolute atomic E-state index is 13.4. The Morgan fingerprint density at radius 3 is 2.00 bits per heavy atom. The van der Waals surface area contributed by atoms with Gasteiger partial charge < -0.3 is 5.11 Å². The monoisotopic (exact) mass is 300 g/mol. The van der Waals surface area contributed by atoms with Crippen LogP contribution >= 0.6 is 11.6 Å². The van der Waals surface area contributed by atoms with E-state index in [2.05, 4.69) is 0 Å². The van der Waals surface area contributed by atoms with Crippen molar-refractivity contribution < 1.29 is 18.3 Å². The molecule has 1 unspecified atom stereocenters. The number of hydrogen-bond acceptors (Lipinski definition) is 1. The van der Waals surface area contributed by atoms with Gasteiger partial charge >= 0.3 is 6.18 Å². The standard InChI is InChI=1S/C15H12ClF3O/c1-10-4-2-5-11(8-10)14(20,15(17,18)19)12-6-3-7-13(16)9-12/h2-9,20H,1H3.